The van der Waals surface area contributed by atoms with E-state index in [0.717, 1.165) is 12.1 Å². The van der Waals surface area contributed by atoms with Crippen LogP contribution in [0.15, 0.2) is 60.8 Å². The average molecular weight is 378 g/mol. The van der Waals surface area contributed by atoms with Crippen molar-refractivity contribution in [3.8, 4) is 5.69 Å². The van der Waals surface area contributed by atoms with E-state index in [1.54, 1.807) is 30.5 Å². The molecule has 1 aliphatic rings. The minimum absolute atomic E-state index is 0.258. The van der Waals surface area contributed by atoms with Gasteiger partial charge in [-0.15, -0.1) is 0 Å². The molecule has 1 N–H and O–H groups in total. The number of benzene rings is 2. The van der Waals surface area contributed by atoms with Gasteiger partial charge in [-0.25, -0.2) is 9.07 Å². The SMILES string of the molecule is O=C(NCc1ccc(CN2CCCC2)cc1)c1ccn(-c2ccccc2F)n1. The summed E-state index contributed by atoms with van der Waals surface area (Å²) >= 11 is 0. The number of hydrogen-bond acceptors (Lipinski definition) is 3. The Bertz CT molecular complexity index is 945. The van der Waals surface area contributed by atoms with Crippen molar-refractivity contribution >= 4 is 5.91 Å². The number of rotatable bonds is 6. The van der Waals surface area contributed by atoms with Gasteiger partial charge in [-0.05, 0) is 55.3 Å². The number of nitrogens with one attached hydrogen (secondary N) is 1. The summed E-state index contributed by atoms with van der Waals surface area (Å²) in [7, 11) is 0. The molecular formula is C22H23FN4O. The van der Waals surface area contributed by atoms with Crippen LogP contribution in [-0.4, -0.2) is 33.7 Å². The predicted molar refractivity (Wildman–Crippen MR) is 106 cm³/mol. The van der Waals surface area contributed by atoms with Crippen LogP contribution >= 0.6 is 0 Å². The molecule has 0 bridgehead atoms. The molecule has 0 unspecified atom stereocenters. The molecule has 5 nitrogen and oxygen atoms in total. The van der Waals surface area contributed by atoms with Crippen molar-refractivity contribution in [1.82, 2.24) is 20.0 Å². The smallest absolute Gasteiger partial charge is 0.272 e. The van der Waals surface area contributed by atoms with Crippen molar-refractivity contribution in [3.05, 3.63) is 83.4 Å². The van der Waals surface area contributed by atoms with Crippen LogP contribution in [0.1, 0.15) is 34.5 Å². The van der Waals surface area contributed by atoms with Crippen molar-refractivity contribution in [2.75, 3.05) is 13.1 Å². The summed E-state index contributed by atoms with van der Waals surface area (Å²) in [5.41, 5.74) is 2.90. The lowest BCUT2D eigenvalue weighted by Crippen LogP contribution is -2.23. The van der Waals surface area contributed by atoms with E-state index in [0.29, 0.717) is 12.2 Å². The van der Waals surface area contributed by atoms with Gasteiger partial charge in [0.25, 0.3) is 5.91 Å². The molecule has 0 radical (unpaired) electrons. The first kappa shape index (κ1) is 18.4. The van der Waals surface area contributed by atoms with Gasteiger partial charge in [-0.1, -0.05) is 36.4 Å². The topological polar surface area (TPSA) is 50.2 Å². The number of likely N-dealkylation sites (tertiary alicyclic amines) is 1. The lowest BCUT2D eigenvalue weighted by molar-refractivity contribution is 0.0945. The zero-order valence-corrected chi connectivity index (χ0v) is 15.6. The highest BCUT2D eigenvalue weighted by atomic mass is 19.1. The fourth-order valence-corrected chi connectivity index (χ4v) is 3.45. The molecule has 1 aliphatic heterocycles. The number of nitrogens with zero attached hydrogens (tertiary/aromatic N) is 3. The molecular weight excluding hydrogens is 355 g/mol. The normalized spacial score (nSPS) is 14.3. The maximum Gasteiger partial charge on any atom is 0.272 e. The van der Waals surface area contributed by atoms with Crippen molar-refractivity contribution < 1.29 is 9.18 Å². The van der Waals surface area contributed by atoms with Crippen LogP contribution in [0.4, 0.5) is 4.39 Å². The van der Waals surface area contributed by atoms with E-state index in [9.17, 15) is 9.18 Å². The molecule has 28 heavy (non-hydrogen) atoms. The third-order valence-corrected chi connectivity index (χ3v) is 5.00. The molecule has 1 fully saturated rings. The van der Waals surface area contributed by atoms with Gasteiger partial charge in [0.2, 0.25) is 0 Å². The molecule has 2 heterocycles. The summed E-state index contributed by atoms with van der Waals surface area (Å²) in [6.07, 6.45) is 4.16. The van der Waals surface area contributed by atoms with E-state index in [-0.39, 0.29) is 17.4 Å². The molecule has 0 spiro atoms. The molecule has 3 aromatic rings. The Balaban J connectivity index is 1.33. The van der Waals surface area contributed by atoms with Crippen LogP contribution in [0, 0.1) is 5.82 Å². The number of aromatic nitrogens is 2. The van der Waals surface area contributed by atoms with Crippen LogP contribution in [-0.2, 0) is 13.1 Å². The standard InChI is InChI=1S/C22H23FN4O/c23-19-5-1-2-6-21(19)27-14-11-20(25-27)22(28)24-15-17-7-9-18(10-8-17)16-26-12-3-4-13-26/h1-2,5-11,14H,3-4,12-13,15-16H2,(H,24,28). The lowest BCUT2D eigenvalue weighted by atomic mass is 10.1. The van der Waals surface area contributed by atoms with E-state index in [1.807, 2.05) is 12.1 Å². The fourth-order valence-electron chi connectivity index (χ4n) is 3.45. The first-order valence-corrected chi connectivity index (χ1v) is 9.58. The number of carbonyl (C=O) groups excluding carboxylic acids is 1. The Morgan fingerprint density at radius 3 is 2.46 bits per heavy atom. The number of halogens is 1. The molecule has 144 valence electrons. The van der Waals surface area contributed by atoms with E-state index in [1.165, 1.54) is 42.2 Å². The van der Waals surface area contributed by atoms with Gasteiger partial charge in [0.05, 0.1) is 0 Å². The van der Waals surface area contributed by atoms with Crippen LogP contribution < -0.4 is 5.32 Å². The molecule has 0 aliphatic carbocycles. The number of hydrogen-bond donors (Lipinski definition) is 1. The van der Waals surface area contributed by atoms with E-state index < -0.39 is 0 Å². The summed E-state index contributed by atoms with van der Waals surface area (Å²) in [6.45, 7) is 3.77. The second kappa shape index (κ2) is 8.35. The maximum atomic E-state index is 13.9. The summed E-state index contributed by atoms with van der Waals surface area (Å²) in [6, 6.07) is 16.2. The van der Waals surface area contributed by atoms with Crippen LogP contribution in [0.25, 0.3) is 5.69 Å². The van der Waals surface area contributed by atoms with E-state index in [2.05, 4.69) is 27.4 Å². The van der Waals surface area contributed by atoms with Gasteiger partial charge >= 0.3 is 0 Å². The van der Waals surface area contributed by atoms with E-state index >= 15 is 0 Å². The first-order valence-electron chi connectivity index (χ1n) is 9.58. The molecule has 1 aromatic heterocycles. The minimum Gasteiger partial charge on any atom is -0.347 e. The van der Waals surface area contributed by atoms with E-state index in [4.69, 9.17) is 0 Å². The zero-order valence-electron chi connectivity index (χ0n) is 15.6. The van der Waals surface area contributed by atoms with Crippen molar-refractivity contribution in [3.63, 3.8) is 0 Å². The van der Waals surface area contributed by atoms with Gasteiger partial charge in [-0.3, -0.25) is 9.69 Å². The molecule has 0 atom stereocenters. The molecule has 6 heteroatoms. The van der Waals surface area contributed by atoms with Gasteiger partial charge in [0, 0.05) is 19.3 Å². The molecule has 1 saturated heterocycles. The Labute approximate surface area is 163 Å². The largest absolute Gasteiger partial charge is 0.347 e. The summed E-state index contributed by atoms with van der Waals surface area (Å²) in [5, 5.41) is 7.05. The Morgan fingerprint density at radius 2 is 1.71 bits per heavy atom. The summed E-state index contributed by atoms with van der Waals surface area (Å²) < 4.78 is 15.2. The zero-order chi connectivity index (χ0) is 19.3. The highest BCUT2D eigenvalue weighted by Gasteiger charge is 2.13. The van der Waals surface area contributed by atoms with Gasteiger partial charge < -0.3 is 5.32 Å². The number of para-hydroxylation sites is 1. The Morgan fingerprint density at radius 1 is 1.00 bits per heavy atom. The predicted octanol–water partition coefficient (Wildman–Crippen LogP) is 3.54. The second-order valence-corrected chi connectivity index (χ2v) is 7.08. The molecule has 1 amide bonds. The molecule has 0 saturated carbocycles. The van der Waals surface area contributed by atoms with Gasteiger partial charge in [-0.2, -0.15) is 5.10 Å². The number of carbonyl (C=O) groups is 1. The molecule has 4 rings (SSSR count). The quantitative estimate of drug-likeness (QED) is 0.714. The summed E-state index contributed by atoms with van der Waals surface area (Å²) in [5.74, 6) is -0.664. The molecule has 2 aromatic carbocycles. The second-order valence-electron chi connectivity index (χ2n) is 7.08. The average Bonchev–Trinajstić information content (AvgIpc) is 3.40. The van der Waals surface area contributed by atoms with Crippen molar-refractivity contribution in [2.45, 2.75) is 25.9 Å². The highest BCUT2D eigenvalue weighted by molar-refractivity contribution is 5.92. The Hall–Kier alpha value is -2.99. The highest BCUT2D eigenvalue weighted by Crippen LogP contribution is 2.14. The van der Waals surface area contributed by atoms with Gasteiger partial charge in [0.1, 0.15) is 11.5 Å². The third kappa shape index (κ3) is 4.28. The van der Waals surface area contributed by atoms with Crippen LogP contribution in [0.3, 0.4) is 0 Å². The number of amides is 1. The monoisotopic (exact) mass is 378 g/mol. The maximum absolute atomic E-state index is 13.9. The third-order valence-electron chi connectivity index (χ3n) is 5.00. The Kier molecular flexibility index (Phi) is 5.48. The first-order chi connectivity index (χ1) is 13.7. The van der Waals surface area contributed by atoms with Crippen molar-refractivity contribution in [2.24, 2.45) is 0 Å². The van der Waals surface area contributed by atoms with Gasteiger partial charge in [0.15, 0.2) is 5.69 Å². The minimum atomic E-state index is -0.383. The van der Waals surface area contributed by atoms with Crippen LogP contribution in [0.5, 0.6) is 0 Å². The van der Waals surface area contributed by atoms with Crippen molar-refractivity contribution in [1.29, 1.82) is 0 Å². The lowest BCUT2D eigenvalue weighted by Gasteiger charge is -2.14. The van der Waals surface area contributed by atoms with Crippen LogP contribution in [0.2, 0.25) is 0 Å². The fraction of sp³-hybridized carbons (Fsp3) is 0.273. The summed E-state index contributed by atoms with van der Waals surface area (Å²) in [4.78, 5) is 14.8.